The van der Waals surface area contributed by atoms with Crippen molar-refractivity contribution in [1.29, 1.82) is 0 Å². The minimum atomic E-state index is 0.107. The van der Waals surface area contributed by atoms with Crippen LogP contribution in [0.25, 0.3) is 64.8 Å². The Balaban J connectivity index is 1.83. The third kappa shape index (κ3) is 2.40. The summed E-state index contributed by atoms with van der Waals surface area (Å²) < 4.78 is 0. The largest absolute Gasteiger partial charge is 0.256 e. The van der Waals surface area contributed by atoms with Crippen LogP contribution in [0, 0.1) is 6.92 Å². The SMILES string of the molecule is Cc1c2ccccc2cc2c3nccc4c5ccc(C(C)(C)C)cc5c5cccc(c12)c5c43. The Kier molecular flexibility index (Phi) is 3.54. The van der Waals surface area contributed by atoms with Crippen LogP contribution in [-0.4, -0.2) is 4.98 Å². The van der Waals surface area contributed by atoms with E-state index in [4.69, 9.17) is 4.98 Å². The van der Waals surface area contributed by atoms with Gasteiger partial charge in [-0.15, -0.1) is 0 Å². The molecular formula is C32H25N. The summed E-state index contributed by atoms with van der Waals surface area (Å²) in [7, 11) is 0. The first-order valence-electron chi connectivity index (χ1n) is 11.7. The highest BCUT2D eigenvalue weighted by molar-refractivity contribution is 6.40. The van der Waals surface area contributed by atoms with E-state index in [0.717, 1.165) is 5.52 Å². The Hall–Kier alpha value is -3.71. The molecule has 0 aliphatic heterocycles. The van der Waals surface area contributed by atoms with Crippen LogP contribution in [0.15, 0.2) is 79.0 Å². The van der Waals surface area contributed by atoms with Gasteiger partial charge in [0.15, 0.2) is 0 Å². The second kappa shape index (κ2) is 6.20. The number of nitrogens with zero attached hydrogens (tertiary/aromatic N) is 1. The molecule has 0 fully saturated rings. The van der Waals surface area contributed by atoms with Crippen molar-refractivity contribution in [2.75, 3.05) is 0 Å². The van der Waals surface area contributed by atoms with Gasteiger partial charge in [0.25, 0.3) is 0 Å². The lowest BCUT2D eigenvalue weighted by atomic mass is 9.82. The first kappa shape index (κ1) is 18.8. The van der Waals surface area contributed by atoms with Gasteiger partial charge in [-0.3, -0.25) is 4.98 Å². The zero-order valence-electron chi connectivity index (χ0n) is 19.5. The van der Waals surface area contributed by atoms with Crippen LogP contribution in [-0.2, 0) is 5.41 Å². The van der Waals surface area contributed by atoms with Crippen molar-refractivity contribution in [2.24, 2.45) is 0 Å². The fraction of sp³-hybridized carbons (Fsp3) is 0.156. The molecule has 0 radical (unpaired) electrons. The van der Waals surface area contributed by atoms with Crippen molar-refractivity contribution in [2.45, 2.75) is 33.1 Å². The van der Waals surface area contributed by atoms with Crippen molar-refractivity contribution in [3.05, 3.63) is 90.1 Å². The van der Waals surface area contributed by atoms with Gasteiger partial charge in [0.1, 0.15) is 0 Å². The van der Waals surface area contributed by atoms with Gasteiger partial charge in [0.05, 0.1) is 5.52 Å². The first-order chi connectivity index (χ1) is 15.9. The fourth-order valence-electron chi connectivity index (χ4n) is 5.93. The lowest BCUT2D eigenvalue weighted by Crippen LogP contribution is -2.10. The Morgan fingerprint density at radius 2 is 1.33 bits per heavy atom. The van der Waals surface area contributed by atoms with E-state index in [1.54, 1.807) is 0 Å². The average Bonchev–Trinajstić information content (AvgIpc) is 2.82. The molecule has 0 atom stereocenters. The normalized spacial score (nSPS) is 12.8. The van der Waals surface area contributed by atoms with Crippen molar-refractivity contribution in [3.8, 4) is 0 Å². The molecule has 7 aromatic rings. The number of aryl methyl sites for hydroxylation is 1. The van der Waals surface area contributed by atoms with Crippen LogP contribution in [0.5, 0.6) is 0 Å². The molecule has 0 bridgehead atoms. The van der Waals surface area contributed by atoms with Crippen molar-refractivity contribution < 1.29 is 0 Å². The first-order valence-corrected chi connectivity index (χ1v) is 11.7. The van der Waals surface area contributed by atoms with Gasteiger partial charge in [-0.05, 0) is 84.8 Å². The smallest absolute Gasteiger partial charge is 0.0793 e. The molecular weight excluding hydrogens is 398 g/mol. The van der Waals surface area contributed by atoms with E-state index in [1.165, 1.54) is 70.4 Å². The minimum absolute atomic E-state index is 0.107. The maximum absolute atomic E-state index is 4.97. The summed E-state index contributed by atoms with van der Waals surface area (Å²) in [5.74, 6) is 0. The van der Waals surface area contributed by atoms with E-state index >= 15 is 0 Å². The van der Waals surface area contributed by atoms with Gasteiger partial charge in [0, 0.05) is 22.4 Å². The topological polar surface area (TPSA) is 12.9 Å². The Bertz CT molecular complexity index is 1900. The molecule has 0 N–H and O–H groups in total. The maximum atomic E-state index is 4.97. The second-order valence-electron chi connectivity index (χ2n) is 10.5. The van der Waals surface area contributed by atoms with E-state index in [2.05, 4.69) is 100 Å². The summed E-state index contributed by atoms with van der Waals surface area (Å²) in [5, 5.41) is 14.4. The van der Waals surface area contributed by atoms with E-state index < -0.39 is 0 Å². The minimum Gasteiger partial charge on any atom is -0.256 e. The van der Waals surface area contributed by atoms with Crippen LogP contribution in [0.4, 0.5) is 0 Å². The molecule has 1 nitrogen and oxygen atoms in total. The molecule has 158 valence electrons. The van der Waals surface area contributed by atoms with Crippen LogP contribution in [0.2, 0.25) is 0 Å². The predicted molar refractivity (Wildman–Crippen MR) is 144 cm³/mol. The summed E-state index contributed by atoms with van der Waals surface area (Å²) in [4.78, 5) is 4.97. The second-order valence-corrected chi connectivity index (χ2v) is 10.5. The number of rotatable bonds is 0. The monoisotopic (exact) mass is 423 g/mol. The molecule has 0 saturated carbocycles. The lowest BCUT2D eigenvalue weighted by Gasteiger charge is -2.22. The molecule has 0 aliphatic carbocycles. The maximum Gasteiger partial charge on any atom is 0.0793 e. The fourth-order valence-corrected chi connectivity index (χ4v) is 5.93. The predicted octanol–water partition coefficient (Wildman–Crippen LogP) is 9.04. The summed E-state index contributed by atoms with van der Waals surface area (Å²) >= 11 is 0. The van der Waals surface area contributed by atoms with Crippen LogP contribution in [0.3, 0.4) is 0 Å². The van der Waals surface area contributed by atoms with Gasteiger partial charge in [-0.25, -0.2) is 0 Å². The summed E-state index contributed by atoms with van der Waals surface area (Å²) in [6, 6.07) is 27.1. The molecule has 0 saturated heterocycles. The molecule has 0 amide bonds. The quantitative estimate of drug-likeness (QED) is 0.175. The lowest BCUT2D eigenvalue weighted by molar-refractivity contribution is 0.591. The van der Waals surface area contributed by atoms with Crippen LogP contribution < -0.4 is 0 Å². The highest BCUT2D eigenvalue weighted by atomic mass is 14.7. The number of aromatic nitrogens is 1. The van der Waals surface area contributed by atoms with Crippen molar-refractivity contribution >= 4 is 64.8 Å². The third-order valence-corrected chi connectivity index (χ3v) is 7.56. The van der Waals surface area contributed by atoms with E-state index in [1.807, 2.05) is 6.20 Å². The highest BCUT2D eigenvalue weighted by Crippen LogP contribution is 2.46. The molecule has 6 aromatic carbocycles. The van der Waals surface area contributed by atoms with E-state index in [-0.39, 0.29) is 5.41 Å². The van der Waals surface area contributed by atoms with Gasteiger partial charge < -0.3 is 0 Å². The zero-order valence-corrected chi connectivity index (χ0v) is 19.5. The number of pyridine rings is 1. The van der Waals surface area contributed by atoms with Crippen molar-refractivity contribution in [3.63, 3.8) is 0 Å². The Morgan fingerprint density at radius 1 is 0.576 bits per heavy atom. The third-order valence-electron chi connectivity index (χ3n) is 7.56. The van der Waals surface area contributed by atoms with Crippen LogP contribution in [0.1, 0.15) is 31.9 Å². The van der Waals surface area contributed by atoms with Gasteiger partial charge in [0.2, 0.25) is 0 Å². The summed E-state index contributed by atoms with van der Waals surface area (Å²) in [6.45, 7) is 9.14. The van der Waals surface area contributed by atoms with Gasteiger partial charge in [-0.1, -0.05) is 75.4 Å². The van der Waals surface area contributed by atoms with Gasteiger partial charge >= 0.3 is 0 Å². The molecule has 1 aromatic heterocycles. The molecule has 0 unspecified atom stereocenters. The summed E-state index contributed by atoms with van der Waals surface area (Å²) in [5.41, 5.74) is 3.93. The molecule has 0 aliphatic rings. The zero-order chi connectivity index (χ0) is 22.5. The standard InChI is InChI=1S/C32H25N/c1-18-21-9-6-5-8-19(21)16-27-28(18)25-11-7-10-23-26-17-20(32(2,3)4)12-13-22(26)24-14-15-33-31(27)30(24)29(23)25/h5-17H,1-4H3. The van der Waals surface area contributed by atoms with E-state index in [9.17, 15) is 0 Å². The highest BCUT2D eigenvalue weighted by Gasteiger charge is 2.21. The number of hydrogen-bond donors (Lipinski definition) is 0. The molecule has 1 heterocycles. The Morgan fingerprint density at radius 3 is 2.18 bits per heavy atom. The molecule has 1 heteroatoms. The average molecular weight is 424 g/mol. The number of fused-ring (bicyclic) bond motifs is 7. The number of hydrogen-bond acceptors (Lipinski definition) is 1. The molecule has 7 rings (SSSR count). The molecule has 33 heavy (non-hydrogen) atoms. The molecule has 0 spiro atoms. The van der Waals surface area contributed by atoms with E-state index in [0.29, 0.717) is 0 Å². The number of benzene rings is 6. The van der Waals surface area contributed by atoms with Gasteiger partial charge in [-0.2, -0.15) is 0 Å². The van der Waals surface area contributed by atoms with Crippen LogP contribution >= 0.6 is 0 Å². The van der Waals surface area contributed by atoms with Crippen molar-refractivity contribution in [1.82, 2.24) is 4.98 Å². The Labute approximate surface area is 193 Å². The summed E-state index contributed by atoms with van der Waals surface area (Å²) in [6.07, 6.45) is 1.99.